The molecule has 250 valence electrons. The summed E-state index contributed by atoms with van der Waals surface area (Å²) in [5, 5.41) is 9.29. The number of hydrogen-bond acceptors (Lipinski definition) is 6. The Labute approximate surface area is 278 Å². The fourth-order valence-corrected chi connectivity index (χ4v) is 8.25. The molecule has 4 heterocycles. The van der Waals surface area contributed by atoms with Crippen LogP contribution in [0.4, 0.5) is 17.1 Å². The van der Waals surface area contributed by atoms with Gasteiger partial charge in [-0.25, -0.2) is 0 Å². The first kappa shape index (κ1) is 33.0. The quantitative estimate of drug-likeness (QED) is 0.261. The van der Waals surface area contributed by atoms with Gasteiger partial charge in [-0.05, 0) is 69.5 Å². The van der Waals surface area contributed by atoms with Crippen molar-refractivity contribution in [1.29, 1.82) is 0 Å². The molecule has 1 spiro atoms. The van der Waals surface area contributed by atoms with E-state index in [0.29, 0.717) is 38.9 Å². The van der Waals surface area contributed by atoms with Crippen LogP contribution in [0.1, 0.15) is 52.9 Å². The molecule has 47 heavy (non-hydrogen) atoms. The van der Waals surface area contributed by atoms with Gasteiger partial charge in [0.05, 0.1) is 17.4 Å². The normalized spacial score (nSPS) is 28.3. The lowest BCUT2D eigenvalue weighted by molar-refractivity contribution is -0.145. The van der Waals surface area contributed by atoms with Crippen LogP contribution in [0.25, 0.3) is 0 Å². The number of ether oxygens (including phenoxy) is 1. The van der Waals surface area contributed by atoms with Crippen LogP contribution >= 0.6 is 0 Å². The highest BCUT2D eigenvalue weighted by Crippen LogP contribution is 2.58. The van der Waals surface area contributed by atoms with Gasteiger partial charge in [-0.1, -0.05) is 62.3 Å². The number of aliphatic hydroxyl groups excluding tert-OH is 1. The molecule has 4 aliphatic heterocycles. The van der Waals surface area contributed by atoms with E-state index >= 15 is 0 Å². The molecule has 2 fully saturated rings. The summed E-state index contributed by atoms with van der Waals surface area (Å²) in [6, 6.07) is 16.7. The van der Waals surface area contributed by atoms with Crippen molar-refractivity contribution in [3.8, 4) is 0 Å². The number of carbonyl (C=O) groups is 3. The van der Waals surface area contributed by atoms with Crippen LogP contribution in [-0.2, 0) is 19.1 Å². The van der Waals surface area contributed by atoms with Crippen molar-refractivity contribution < 1.29 is 24.2 Å². The van der Waals surface area contributed by atoms with Gasteiger partial charge in [-0.3, -0.25) is 14.4 Å². The Bertz CT molecular complexity index is 1510. The van der Waals surface area contributed by atoms with E-state index in [1.165, 1.54) is 0 Å². The first-order valence-corrected chi connectivity index (χ1v) is 17.4. The molecule has 4 aliphatic rings. The molecule has 2 aromatic rings. The molecule has 0 bridgehead atoms. The van der Waals surface area contributed by atoms with Gasteiger partial charge < -0.3 is 29.4 Å². The van der Waals surface area contributed by atoms with E-state index in [1.54, 1.807) is 14.7 Å². The van der Waals surface area contributed by atoms with E-state index in [4.69, 9.17) is 4.74 Å². The fourth-order valence-electron chi connectivity index (χ4n) is 8.25. The third kappa shape index (κ3) is 5.57. The van der Waals surface area contributed by atoms with Crippen LogP contribution in [0, 0.1) is 11.8 Å². The van der Waals surface area contributed by atoms with E-state index in [9.17, 15) is 19.5 Å². The highest BCUT2D eigenvalue weighted by atomic mass is 16.5. The van der Waals surface area contributed by atoms with Gasteiger partial charge in [0.2, 0.25) is 11.8 Å². The first-order chi connectivity index (χ1) is 22.9. The van der Waals surface area contributed by atoms with E-state index in [1.807, 2.05) is 85.8 Å². The van der Waals surface area contributed by atoms with Crippen LogP contribution in [0.3, 0.4) is 0 Å². The maximum atomic E-state index is 14.9. The van der Waals surface area contributed by atoms with Crippen LogP contribution < -0.4 is 14.7 Å². The molecule has 0 aliphatic carbocycles. The predicted octanol–water partition coefficient (Wildman–Crippen LogP) is 4.95. The summed E-state index contributed by atoms with van der Waals surface area (Å²) in [4.78, 5) is 51.8. The summed E-state index contributed by atoms with van der Waals surface area (Å²) in [6.07, 6.45) is 11.3. The van der Waals surface area contributed by atoms with E-state index in [0.717, 1.165) is 43.0 Å². The number of nitrogens with zero attached hydrogens (tertiary/aromatic N) is 4. The number of unbranched alkanes of at least 4 members (excludes halogenated alkanes) is 3. The molecule has 1 N–H and O–H groups in total. The highest BCUT2D eigenvalue weighted by molar-refractivity contribution is 6.07. The third-order valence-corrected chi connectivity index (χ3v) is 10.6. The largest absolute Gasteiger partial charge is 0.396 e. The van der Waals surface area contributed by atoms with Gasteiger partial charge in [-0.15, -0.1) is 0 Å². The lowest BCUT2D eigenvalue weighted by atomic mass is 9.73. The summed E-state index contributed by atoms with van der Waals surface area (Å²) in [7, 11) is 0. The molecule has 1 unspecified atom stereocenters. The van der Waals surface area contributed by atoms with Crippen LogP contribution in [-0.4, -0.2) is 84.3 Å². The Morgan fingerprint density at radius 3 is 2.06 bits per heavy atom. The summed E-state index contributed by atoms with van der Waals surface area (Å²) in [6.45, 7) is 9.22. The number of amides is 3. The number of carbonyl (C=O) groups excluding carboxylic acids is 3. The summed E-state index contributed by atoms with van der Waals surface area (Å²) < 4.78 is 7.14. The molecule has 0 radical (unpaired) electrons. The number of aliphatic hydroxyl groups is 1. The van der Waals surface area contributed by atoms with Crippen LogP contribution in [0.15, 0.2) is 78.9 Å². The average Bonchev–Trinajstić information content (AvgIpc) is 3.38. The molecule has 0 saturated carbocycles. The van der Waals surface area contributed by atoms with Crippen molar-refractivity contribution in [3.05, 3.63) is 78.9 Å². The first-order valence-electron chi connectivity index (χ1n) is 17.4. The number of fused-ring (bicyclic) bond motifs is 2. The highest BCUT2D eigenvalue weighted by Gasteiger charge is 2.75. The van der Waals surface area contributed by atoms with Crippen molar-refractivity contribution in [2.24, 2.45) is 11.8 Å². The van der Waals surface area contributed by atoms with Gasteiger partial charge >= 0.3 is 0 Å². The molecule has 3 amide bonds. The van der Waals surface area contributed by atoms with Crippen LogP contribution in [0.2, 0.25) is 0 Å². The predicted molar refractivity (Wildman–Crippen MR) is 184 cm³/mol. The Kier molecular flexibility index (Phi) is 9.58. The number of para-hydroxylation sites is 1. The van der Waals surface area contributed by atoms with Gasteiger partial charge in [0.25, 0.3) is 5.91 Å². The zero-order valence-corrected chi connectivity index (χ0v) is 27.9. The Hall–Kier alpha value is -3.95. The number of hydrogen-bond donors (Lipinski definition) is 1. The van der Waals surface area contributed by atoms with E-state index in [-0.39, 0.29) is 24.3 Å². The molecule has 9 nitrogen and oxygen atoms in total. The Morgan fingerprint density at radius 1 is 0.766 bits per heavy atom. The monoisotopic (exact) mass is 640 g/mol. The Balaban J connectivity index is 1.41. The van der Waals surface area contributed by atoms with Gasteiger partial charge in [0.15, 0.2) is 0 Å². The molecule has 6 rings (SSSR count). The topological polar surface area (TPSA) is 93.6 Å². The molecule has 5 atom stereocenters. The lowest BCUT2D eigenvalue weighted by Crippen LogP contribution is -2.56. The van der Waals surface area contributed by atoms with Crippen molar-refractivity contribution in [3.63, 3.8) is 0 Å². The minimum atomic E-state index is -1.30. The minimum Gasteiger partial charge on any atom is -0.396 e. The summed E-state index contributed by atoms with van der Waals surface area (Å²) >= 11 is 0. The smallest absolute Gasteiger partial charge is 0.253 e. The number of likely N-dealkylation sites (tertiary alicyclic amines) is 1. The second-order valence-electron chi connectivity index (χ2n) is 13.0. The van der Waals surface area contributed by atoms with Gasteiger partial charge in [0.1, 0.15) is 11.6 Å². The average molecular weight is 641 g/mol. The Morgan fingerprint density at radius 2 is 1.40 bits per heavy atom. The van der Waals surface area contributed by atoms with Crippen molar-refractivity contribution in [2.75, 3.05) is 54.0 Å². The maximum absolute atomic E-state index is 14.9. The molecule has 2 saturated heterocycles. The number of rotatable bonds is 12. The van der Waals surface area contributed by atoms with E-state index < -0.39 is 29.1 Å². The van der Waals surface area contributed by atoms with Gasteiger partial charge in [0, 0.05) is 56.4 Å². The third-order valence-electron chi connectivity index (χ3n) is 10.6. The molecule has 2 aromatic carbocycles. The summed E-state index contributed by atoms with van der Waals surface area (Å²) in [5.41, 5.74) is 0.290. The second kappa shape index (κ2) is 13.6. The summed E-state index contributed by atoms with van der Waals surface area (Å²) in [5.74, 6) is -2.20. The van der Waals surface area contributed by atoms with Crippen molar-refractivity contribution >= 4 is 34.8 Å². The molecule has 0 aromatic heterocycles. The lowest BCUT2D eigenvalue weighted by Gasteiger charge is -2.38. The van der Waals surface area contributed by atoms with Gasteiger partial charge in [-0.2, -0.15) is 0 Å². The fraction of sp³-hybridized carbons (Fsp3) is 0.500. The molecular formula is C38H48N4O5. The minimum absolute atomic E-state index is 0.129. The second-order valence-corrected chi connectivity index (χ2v) is 13.0. The number of anilines is 3. The number of benzene rings is 2. The molecular weight excluding hydrogens is 592 g/mol. The van der Waals surface area contributed by atoms with Crippen LogP contribution in [0.5, 0.6) is 0 Å². The standard InChI is InChI=1S/C38H48N4O5/c1-4-37-22-14-25-40(29-16-10-9-11-17-29)34(44)31(37)32-35(45)42(24-12-7-8-13-27-43)33-36(46)41(26-15-23-38(32,33)47-37)30-20-18-28(19-21-30)39(5-2)6-3/h9-11,14-23,31-33,43H,4-8,12-13,24-27H2,1-3H3/t31-,32-,33?,37+,38-/m0/s1. The zero-order valence-electron chi connectivity index (χ0n) is 27.9. The molecule has 9 heteroatoms. The van der Waals surface area contributed by atoms with E-state index in [2.05, 4.69) is 18.7 Å². The zero-order chi connectivity index (χ0) is 33.2. The van der Waals surface area contributed by atoms with Crippen molar-refractivity contribution in [2.45, 2.75) is 70.1 Å². The SMILES string of the molecule is CCN(CC)c1ccc(N2CC=C[C@]34O[C@]5(CC)C=CCN(c6ccccc6)C(=O)[C@@H]5[C@H]3C(=O)N(CCCCCCO)C4C2=O)cc1. The maximum Gasteiger partial charge on any atom is 0.253 e. The van der Waals surface area contributed by atoms with Crippen molar-refractivity contribution in [1.82, 2.24) is 4.90 Å².